The number of halogens is 1. The lowest BCUT2D eigenvalue weighted by Crippen LogP contribution is -2.13. The van der Waals surface area contributed by atoms with Crippen molar-refractivity contribution in [2.24, 2.45) is 5.73 Å². The number of nitrogens with two attached hydrogens (primary N) is 1. The number of benzene rings is 1. The maximum atomic E-state index is 12.3. The molecule has 0 saturated heterocycles. The number of nitrogens with one attached hydrogen (secondary N) is 1. The van der Waals surface area contributed by atoms with E-state index in [1.54, 1.807) is 6.07 Å². The molecule has 21 heavy (non-hydrogen) atoms. The van der Waals surface area contributed by atoms with Gasteiger partial charge in [0.25, 0.3) is 10.0 Å². The first-order valence-electron chi connectivity index (χ1n) is 6.49. The highest BCUT2D eigenvalue weighted by atomic mass is 35.5. The van der Waals surface area contributed by atoms with E-state index in [0.29, 0.717) is 15.7 Å². The number of aryl methyl sites for hydroxylation is 2. The second-order valence-electron chi connectivity index (χ2n) is 4.81. The van der Waals surface area contributed by atoms with E-state index in [1.165, 1.54) is 28.3 Å². The zero-order valence-electron chi connectivity index (χ0n) is 11.1. The standard InChI is InChI=1S/C13H14ClN3O2S2/c14-10-6-9(5-4-8(10)7-15)21(18,19)17-13-16-11-2-1-3-12(11)20-13/h4-6H,1-3,7,15H2,(H,16,17). The summed E-state index contributed by atoms with van der Waals surface area (Å²) in [5, 5.41) is 0.765. The predicted molar refractivity (Wildman–Crippen MR) is 84.3 cm³/mol. The van der Waals surface area contributed by atoms with Gasteiger partial charge in [0.1, 0.15) is 0 Å². The Hall–Kier alpha value is -1.15. The number of hydrogen-bond acceptors (Lipinski definition) is 5. The van der Waals surface area contributed by atoms with Crippen molar-refractivity contribution in [3.8, 4) is 0 Å². The summed E-state index contributed by atoms with van der Waals surface area (Å²) < 4.78 is 27.2. The molecule has 0 amide bonds. The highest BCUT2D eigenvalue weighted by Gasteiger charge is 2.21. The average molecular weight is 344 g/mol. The maximum Gasteiger partial charge on any atom is 0.263 e. The second kappa shape index (κ2) is 5.57. The quantitative estimate of drug-likeness (QED) is 0.893. The molecule has 3 rings (SSSR count). The summed E-state index contributed by atoms with van der Waals surface area (Å²) in [4.78, 5) is 5.61. The lowest BCUT2D eigenvalue weighted by molar-refractivity contribution is 0.601. The van der Waals surface area contributed by atoms with Gasteiger partial charge in [0.2, 0.25) is 0 Å². The number of thiazole rings is 1. The Kier molecular flexibility index (Phi) is 3.92. The fourth-order valence-electron chi connectivity index (χ4n) is 2.27. The smallest absolute Gasteiger partial charge is 0.263 e. The molecule has 5 nitrogen and oxygen atoms in total. The molecule has 0 radical (unpaired) electrons. The Morgan fingerprint density at radius 3 is 2.86 bits per heavy atom. The van der Waals surface area contributed by atoms with E-state index in [4.69, 9.17) is 17.3 Å². The van der Waals surface area contributed by atoms with E-state index in [9.17, 15) is 8.42 Å². The fraction of sp³-hybridized carbons (Fsp3) is 0.308. The van der Waals surface area contributed by atoms with Crippen LogP contribution >= 0.6 is 22.9 Å². The Balaban J connectivity index is 1.87. The molecule has 1 aliphatic rings. The van der Waals surface area contributed by atoms with Crippen LogP contribution in [0.25, 0.3) is 0 Å². The molecule has 112 valence electrons. The number of anilines is 1. The fourth-order valence-corrected chi connectivity index (χ4v) is 4.90. The summed E-state index contributed by atoms with van der Waals surface area (Å²) in [6.07, 6.45) is 2.99. The Morgan fingerprint density at radius 1 is 1.38 bits per heavy atom. The minimum Gasteiger partial charge on any atom is -0.326 e. The van der Waals surface area contributed by atoms with Gasteiger partial charge in [-0.25, -0.2) is 13.4 Å². The van der Waals surface area contributed by atoms with Gasteiger partial charge in [0, 0.05) is 16.4 Å². The van der Waals surface area contributed by atoms with Crippen LogP contribution in [0.15, 0.2) is 23.1 Å². The minimum atomic E-state index is -3.68. The average Bonchev–Trinajstić information content (AvgIpc) is 2.99. The third kappa shape index (κ3) is 2.91. The molecule has 1 aromatic carbocycles. The second-order valence-corrected chi connectivity index (χ2v) is 7.98. The van der Waals surface area contributed by atoms with Crippen LogP contribution in [-0.2, 0) is 29.4 Å². The largest absolute Gasteiger partial charge is 0.326 e. The monoisotopic (exact) mass is 343 g/mol. The van der Waals surface area contributed by atoms with Gasteiger partial charge in [0.15, 0.2) is 5.13 Å². The van der Waals surface area contributed by atoms with E-state index in [0.717, 1.165) is 25.0 Å². The summed E-state index contributed by atoms with van der Waals surface area (Å²) in [5.74, 6) is 0. The summed E-state index contributed by atoms with van der Waals surface area (Å²) in [6.45, 7) is 0.270. The predicted octanol–water partition coefficient (Wildman–Crippen LogP) is 2.54. The number of fused-ring (bicyclic) bond motifs is 1. The van der Waals surface area contributed by atoms with Crippen molar-refractivity contribution in [2.75, 3.05) is 4.72 Å². The number of rotatable bonds is 4. The molecule has 0 saturated carbocycles. The van der Waals surface area contributed by atoms with Crippen LogP contribution in [-0.4, -0.2) is 13.4 Å². The third-order valence-corrected chi connectivity index (χ3v) is 6.26. The molecular formula is C13H14ClN3O2S2. The molecule has 1 aromatic heterocycles. The van der Waals surface area contributed by atoms with Crippen molar-refractivity contribution in [2.45, 2.75) is 30.7 Å². The van der Waals surface area contributed by atoms with Crippen LogP contribution in [0.3, 0.4) is 0 Å². The van der Waals surface area contributed by atoms with E-state index in [-0.39, 0.29) is 11.4 Å². The topological polar surface area (TPSA) is 85.1 Å². The van der Waals surface area contributed by atoms with Crippen LogP contribution in [0, 0.1) is 0 Å². The molecule has 0 fully saturated rings. The number of hydrogen-bond donors (Lipinski definition) is 2. The molecule has 2 aromatic rings. The number of sulfonamides is 1. The Morgan fingerprint density at radius 2 is 2.19 bits per heavy atom. The highest BCUT2D eigenvalue weighted by molar-refractivity contribution is 7.93. The molecule has 0 spiro atoms. The van der Waals surface area contributed by atoms with Gasteiger partial charge in [-0.1, -0.05) is 17.7 Å². The summed E-state index contributed by atoms with van der Waals surface area (Å²) in [7, 11) is -3.68. The van der Waals surface area contributed by atoms with Crippen LogP contribution in [0.2, 0.25) is 5.02 Å². The van der Waals surface area contributed by atoms with Gasteiger partial charge in [-0.15, -0.1) is 11.3 Å². The van der Waals surface area contributed by atoms with E-state index >= 15 is 0 Å². The van der Waals surface area contributed by atoms with Gasteiger partial charge < -0.3 is 5.73 Å². The van der Waals surface area contributed by atoms with Crippen molar-refractivity contribution in [3.05, 3.63) is 39.4 Å². The molecule has 0 bridgehead atoms. The van der Waals surface area contributed by atoms with Crippen molar-refractivity contribution in [1.29, 1.82) is 0 Å². The number of nitrogens with zero attached hydrogens (tertiary/aromatic N) is 1. The molecule has 8 heteroatoms. The van der Waals surface area contributed by atoms with Gasteiger partial charge >= 0.3 is 0 Å². The van der Waals surface area contributed by atoms with Crippen LogP contribution in [0.4, 0.5) is 5.13 Å². The minimum absolute atomic E-state index is 0.111. The first kappa shape index (κ1) is 14.8. The lowest BCUT2D eigenvalue weighted by atomic mass is 10.2. The normalized spacial score (nSPS) is 14.2. The van der Waals surface area contributed by atoms with Gasteiger partial charge in [-0.05, 0) is 37.0 Å². The Labute approximate surface area is 132 Å². The van der Waals surface area contributed by atoms with Crippen molar-refractivity contribution in [1.82, 2.24) is 4.98 Å². The SMILES string of the molecule is NCc1ccc(S(=O)(=O)Nc2nc3c(s2)CCC3)cc1Cl. The van der Waals surface area contributed by atoms with Gasteiger partial charge in [-0.3, -0.25) is 4.72 Å². The number of aromatic nitrogens is 1. The van der Waals surface area contributed by atoms with E-state index in [1.807, 2.05) is 0 Å². The Bertz CT molecular complexity index is 765. The molecule has 1 heterocycles. The van der Waals surface area contributed by atoms with Crippen LogP contribution in [0.5, 0.6) is 0 Å². The first-order valence-corrected chi connectivity index (χ1v) is 9.17. The third-order valence-electron chi connectivity index (χ3n) is 3.37. The zero-order valence-corrected chi connectivity index (χ0v) is 13.5. The highest BCUT2D eigenvalue weighted by Crippen LogP contribution is 2.32. The van der Waals surface area contributed by atoms with Crippen molar-refractivity contribution in [3.63, 3.8) is 0 Å². The molecule has 0 unspecified atom stereocenters. The summed E-state index contributed by atoms with van der Waals surface area (Å²) in [5.41, 5.74) is 7.24. The first-order chi connectivity index (χ1) is 9.99. The van der Waals surface area contributed by atoms with Crippen molar-refractivity contribution < 1.29 is 8.42 Å². The van der Waals surface area contributed by atoms with Gasteiger partial charge in [0.05, 0.1) is 10.6 Å². The van der Waals surface area contributed by atoms with Crippen molar-refractivity contribution >= 4 is 38.1 Å². The molecule has 0 aliphatic heterocycles. The molecule has 0 atom stereocenters. The van der Waals surface area contributed by atoms with Crippen LogP contribution in [0.1, 0.15) is 22.6 Å². The maximum absolute atomic E-state index is 12.3. The lowest BCUT2D eigenvalue weighted by Gasteiger charge is -2.07. The molecular weight excluding hydrogens is 330 g/mol. The summed E-state index contributed by atoms with van der Waals surface area (Å²) in [6, 6.07) is 4.53. The molecule has 3 N–H and O–H groups in total. The zero-order chi connectivity index (χ0) is 15.0. The van der Waals surface area contributed by atoms with Gasteiger partial charge in [-0.2, -0.15) is 0 Å². The van der Waals surface area contributed by atoms with Crippen LogP contribution < -0.4 is 10.5 Å². The van der Waals surface area contributed by atoms with E-state index in [2.05, 4.69) is 9.71 Å². The molecule has 1 aliphatic carbocycles. The van der Waals surface area contributed by atoms with E-state index < -0.39 is 10.0 Å². The summed E-state index contributed by atoms with van der Waals surface area (Å²) >= 11 is 7.42.